The van der Waals surface area contributed by atoms with E-state index in [4.69, 9.17) is 4.74 Å². The van der Waals surface area contributed by atoms with E-state index in [0.29, 0.717) is 18.9 Å². The van der Waals surface area contributed by atoms with Crippen LogP contribution in [0, 0.1) is 12.8 Å². The maximum atomic E-state index is 11.2. The van der Waals surface area contributed by atoms with E-state index in [9.17, 15) is 4.79 Å². The molecule has 2 aromatic carbocycles. The largest absolute Gasteiger partial charge is 0.461 e. The first kappa shape index (κ1) is 32.9. The van der Waals surface area contributed by atoms with Crippen molar-refractivity contribution in [3.63, 3.8) is 0 Å². The van der Waals surface area contributed by atoms with E-state index >= 15 is 0 Å². The Labute approximate surface area is 233 Å². The molecule has 0 aliphatic heterocycles. The van der Waals surface area contributed by atoms with Crippen molar-refractivity contribution in [2.24, 2.45) is 5.92 Å². The Morgan fingerprint density at radius 2 is 1.63 bits per heavy atom. The van der Waals surface area contributed by atoms with Crippen molar-refractivity contribution in [2.45, 2.75) is 72.9 Å². The fourth-order valence-corrected chi connectivity index (χ4v) is 3.90. The zero-order chi connectivity index (χ0) is 28.3. The zero-order valence-corrected chi connectivity index (χ0v) is 25.0. The third kappa shape index (κ3) is 11.5. The predicted molar refractivity (Wildman–Crippen MR) is 161 cm³/mol. The van der Waals surface area contributed by atoms with Crippen LogP contribution in [-0.2, 0) is 22.7 Å². The Hall–Kier alpha value is -3.16. The minimum Gasteiger partial charge on any atom is -0.461 e. The number of fused-ring (bicyclic) bond motifs is 1. The average Bonchev–Trinajstić information content (AvgIpc) is 3.26. The van der Waals surface area contributed by atoms with Gasteiger partial charge in [-0.15, -0.1) is 0 Å². The first-order chi connectivity index (χ1) is 18.5. The summed E-state index contributed by atoms with van der Waals surface area (Å²) in [5.74, 6) is 1.25. The second-order valence-corrected chi connectivity index (χ2v) is 9.39. The van der Waals surface area contributed by atoms with Gasteiger partial charge in [-0.25, -0.2) is 4.98 Å². The summed E-state index contributed by atoms with van der Waals surface area (Å²) in [5, 5.41) is 0. The molecule has 6 nitrogen and oxygen atoms in total. The quantitative estimate of drug-likeness (QED) is 0.183. The third-order valence-corrected chi connectivity index (χ3v) is 5.75. The lowest BCUT2D eigenvalue weighted by molar-refractivity contribution is -0.145. The van der Waals surface area contributed by atoms with Crippen LogP contribution >= 0.6 is 11.9 Å². The lowest BCUT2D eigenvalue weighted by Crippen LogP contribution is -2.07. The van der Waals surface area contributed by atoms with Crippen molar-refractivity contribution < 1.29 is 9.53 Å². The Morgan fingerprint density at radius 1 is 0.974 bits per heavy atom. The second-order valence-electron chi connectivity index (χ2n) is 8.30. The molecule has 0 fully saturated rings. The molecule has 4 aromatic rings. The molecule has 2 heterocycles. The molecule has 0 amide bonds. The molecule has 0 saturated heterocycles. The molecule has 0 radical (unpaired) electrons. The number of imidazole rings is 1. The lowest BCUT2D eigenvalue weighted by Gasteiger charge is -2.08. The summed E-state index contributed by atoms with van der Waals surface area (Å²) in [7, 11) is 1.92. The smallest absolute Gasteiger partial charge is 0.306 e. The maximum absolute atomic E-state index is 11.2. The van der Waals surface area contributed by atoms with E-state index in [1.54, 1.807) is 11.9 Å². The summed E-state index contributed by atoms with van der Waals surface area (Å²) in [4.78, 5) is 21.1. The van der Waals surface area contributed by atoms with Crippen molar-refractivity contribution >= 4 is 29.0 Å². The van der Waals surface area contributed by atoms with Gasteiger partial charge in [-0.1, -0.05) is 84.0 Å². The molecule has 0 spiro atoms. The van der Waals surface area contributed by atoms with Crippen molar-refractivity contribution in [1.82, 2.24) is 19.3 Å². The van der Waals surface area contributed by atoms with E-state index < -0.39 is 0 Å². The monoisotopic (exact) mass is 536 g/mol. The number of hydrogen-bond donors (Lipinski definition) is 1. The van der Waals surface area contributed by atoms with Crippen molar-refractivity contribution in [3.05, 3.63) is 90.0 Å². The highest BCUT2D eigenvalue weighted by molar-refractivity contribution is 7.97. The van der Waals surface area contributed by atoms with Crippen LogP contribution in [0.4, 0.5) is 0 Å². The Bertz CT molecular complexity index is 1180. The van der Waals surface area contributed by atoms with Gasteiger partial charge in [0.05, 0.1) is 11.7 Å². The number of benzene rings is 2. The number of hydrogen-bond acceptors (Lipinski definition) is 6. The van der Waals surface area contributed by atoms with E-state index in [2.05, 4.69) is 43.5 Å². The predicted octanol–water partition coefficient (Wildman–Crippen LogP) is 7.84. The van der Waals surface area contributed by atoms with Crippen molar-refractivity contribution in [2.75, 3.05) is 7.05 Å². The fourth-order valence-electron chi connectivity index (χ4n) is 3.40. The highest BCUT2D eigenvalue weighted by atomic mass is 32.2. The molecule has 0 atom stereocenters. The average molecular weight is 537 g/mol. The molecular formula is C31H44N4O2S. The second kappa shape index (κ2) is 19.0. The van der Waals surface area contributed by atoms with Crippen LogP contribution in [0.5, 0.6) is 0 Å². The van der Waals surface area contributed by atoms with Gasteiger partial charge in [0.25, 0.3) is 0 Å². The SMILES string of the molecule is CC.CC.CC(C)CC(=O)OCc1ccccc1.CNSc1ccc(Cn2c(C)nc3cnccc32)cc1. The Kier molecular flexibility index (Phi) is 16.4. The van der Waals surface area contributed by atoms with Crippen LogP contribution in [0.1, 0.15) is 64.9 Å². The van der Waals surface area contributed by atoms with Crippen LogP contribution in [0.15, 0.2) is 78.0 Å². The molecule has 7 heteroatoms. The number of nitrogens with one attached hydrogen (secondary N) is 1. The van der Waals surface area contributed by atoms with Gasteiger partial charge < -0.3 is 9.30 Å². The first-order valence-corrected chi connectivity index (χ1v) is 14.2. The summed E-state index contributed by atoms with van der Waals surface area (Å²) in [6.45, 7) is 15.3. The molecule has 2 aromatic heterocycles. The molecule has 206 valence electrons. The van der Waals surface area contributed by atoms with E-state index in [1.807, 2.05) is 104 Å². The highest BCUT2D eigenvalue weighted by Gasteiger charge is 2.08. The zero-order valence-electron chi connectivity index (χ0n) is 24.2. The van der Waals surface area contributed by atoms with E-state index in [1.165, 1.54) is 10.5 Å². The fraction of sp³-hybridized carbons (Fsp3) is 0.387. The van der Waals surface area contributed by atoms with Crippen molar-refractivity contribution in [1.29, 1.82) is 0 Å². The number of esters is 1. The van der Waals surface area contributed by atoms with Crippen LogP contribution < -0.4 is 4.72 Å². The summed E-state index contributed by atoms with van der Waals surface area (Å²) in [6, 6.07) is 20.3. The number of ether oxygens (including phenoxy) is 1. The minimum atomic E-state index is -0.121. The standard InChI is InChI=1S/C15H16N4S.C12H16O2.2C2H6/c1-11-18-14-9-17-8-7-15(14)19(11)10-12-3-5-13(6-4-12)20-16-2;1-10(2)8-12(13)14-9-11-6-4-3-5-7-11;2*1-2/h3-9,16H,10H2,1-2H3;3-7,10H,8-9H2,1-2H3;2*1-2H3. The molecule has 4 rings (SSSR count). The molecule has 0 unspecified atom stereocenters. The van der Waals surface area contributed by atoms with Crippen LogP contribution in [0.3, 0.4) is 0 Å². The Balaban J connectivity index is 0.000000354. The van der Waals surface area contributed by atoms with Gasteiger partial charge in [-0.05, 0) is 61.2 Å². The van der Waals surface area contributed by atoms with Gasteiger partial charge >= 0.3 is 5.97 Å². The number of rotatable bonds is 8. The number of aryl methyl sites for hydroxylation is 1. The summed E-state index contributed by atoms with van der Waals surface area (Å²) in [6.07, 6.45) is 4.12. The van der Waals surface area contributed by atoms with Crippen LogP contribution in [-0.4, -0.2) is 27.6 Å². The first-order valence-electron chi connectivity index (χ1n) is 13.3. The summed E-state index contributed by atoms with van der Waals surface area (Å²) >= 11 is 1.62. The summed E-state index contributed by atoms with van der Waals surface area (Å²) < 4.78 is 10.4. The van der Waals surface area contributed by atoms with Crippen molar-refractivity contribution in [3.8, 4) is 0 Å². The summed E-state index contributed by atoms with van der Waals surface area (Å²) in [5.41, 5.74) is 4.38. The van der Waals surface area contributed by atoms with Gasteiger partial charge in [-0.2, -0.15) is 0 Å². The molecule has 0 saturated carbocycles. The molecule has 38 heavy (non-hydrogen) atoms. The molecule has 1 N–H and O–H groups in total. The Morgan fingerprint density at radius 3 is 2.24 bits per heavy atom. The van der Waals surface area contributed by atoms with Gasteiger partial charge in [0, 0.05) is 24.1 Å². The molecule has 0 bridgehead atoms. The van der Waals surface area contributed by atoms with Gasteiger partial charge in [0.1, 0.15) is 17.9 Å². The number of aromatic nitrogens is 3. The third-order valence-electron chi connectivity index (χ3n) is 5.04. The lowest BCUT2D eigenvalue weighted by atomic mass is 10.1. The van der Waals surface area contributed by atoms with Gasteiger partial charge in [0.15, 0.2) is 0 Å². The highest BCUT2D eigenvalue weighted by Crippen LogP contribution is 2.19. The molecular weight excluding hydrogens is 492 g/mol. The number of nitrogens with zero attached hydrogens (tertiary/aromatic N) is 3. The molecule has 0 aliphatic carbocycles. The number of pyridine rings is 1. The normalized spacial score (nSPS) is 9.92. The minimum absolute atomic E-state index is 0.121. The number of carbonyl (C=O) groups excluding carboxylic acids is 1. The maximum Gasteiger partial charge on any atom is 0.306 e. The van der Waals surface area contributed by atoms with E-state index in [0.717, 1.165) is 29.0 Å². The molecule has 0 aliphatic rings. The topological polar surface area (TPSA) is 69.0 Å². The number of carbonyl (C=O) groups is 1. The van der Waals surface area contributed by atoms with Gasteiger partial charge in [0.2, 0.25) is 0 Å². The van der Waals surface area contributed by atoms with Crippen LogP contribution in [0.25, 0.3) is 11.0 Å². The van der Waals surface area contributed by atoms with Gasteiger partial charge in [-0.3, -0.25) is 14.5 Å². The van der Waals surface area contributed by atoms with Crippen LogP contribution in [0.2, 0.25) is 0 Å². The van der Waals surface area contributed by atoms with E-state index in [-0.39, 0.29) is 5.97 Å².